The van der Waals surface area contributed by atoms with Crippen LogP contribution in [0.4, 0.5) is 5.69 Å². The van der Waals surface area contributed by atoms with Gasteiger partial charge >= 0.3 is 0 Å². The number of likely N-dealkylation sites (tertiary alicyclic amines) is 1. The molecule has 0 aromatic heterocycles. The third-order valence-electron chi connectivity index (χ3n) is 6.17. The van der Waals surface area contributed by atoms with E-state index in [1.807, 2.05) is 35.2 Å². The van der Waals surface area contributed by atoms with Crippen LogP contribution < -0.4 is 4.90 Å². The number of carbonyl (C=O) groups excluding carboxylic acids is 2. The largest absolute Gasteiger partial charge is 0.375 e. The first-order valence-electron chi connectivity index (χ1n) is 10.2. The molecule has 2 heterocycles. The number of amides is 2. The third-order valence-corrected chi connectivity index (χ3v) is 6.41. The van der Waals surface area contributed by atoms with Gasteiger partial charge in [0.05, 0.1) is 5.69 Å². The second-order valence-corrected chi connectivity index (χ2v) is 8.46. The minimum Gasteiger partial charge on any atom is -0.375 e. The Hall–Kier alpha value is -2.63. The van der Waals surface area contributed by atoms with Crippen molar-refractivity contribution in [1.82, 2.24) is 4.90 Å². The summed E-state index contributed by atoms with van der Waals surface area (Å²) in [6.07, 6.45) is 5.69. The summed E-state index contributed by atoms with van der Waals surface area (Å²) in [6, 6.07) is 12.5. The molecule has 156 valence electrons. The lowest BCUT2D eigenvalue weighted by atomic mass is 9.82. The van der Waals surface area contributed by atoms with Crippen LogP contribution in [0.3, 0.4) is 0 Å². The number of aliphatic hydroxyl groups is 1. The molecule has 2 aliphatic heterocycles. The van der Waals surface area contributed by atoms with Crippen molar-refractivity contribution in [2.24, 2.45) is 5.92 Å². The molecule has 2 aromatic rings. The number of nitrogens with zero attached hydrogens (tertiary/aromatic N) is 2. The molecular weight excluding hydrogens is 400 g/mol. The molecule has 2 atom stereocenters. The second kappa shape index (κ2) is 7.89. The fraction of sp³-hybridized carbons (Fsp3) is 0.333. The summed E-state index contributed by atoms with van der Waals surface area (Å²) < 4.78 is 0. The van der Waals surface area contributed by atoms with Gasteiger partial charge < -0.3 is 14.9 Å². The zero-order chi connectivity index (χ0) is 21.5. The van der Waals surface area contributed by atoms with Gasteiger partial charge in [0.1, 0.15) is 0 Å². The van der Waals surface area contributed by atoms with Crippen LogP contribution in [0.2, 0.25) is 5.02 Å². The van der Waals surface area contributed by atoms with E-state index in [0.29, 0.717) is 21.8 Å². The Labute approximate surface area is 181 Å². The molecule has 4 rings (SSSR count). The number of hydrogen-bond acceptors (Lipinski definition) is 3. The van der Waals surface area contributed by atoms with Crippen molar-refractivity contribution in [1.29, 1.82) is 0 Å². The number of likely N-dealkylation sites (N-methyl/N-ethyl adjacent to an activating group) is 1. The average Bonchev–Trinajstić information content (AvgIpc) is 3.35. The van der Waals surface area contributed by atoms with E-state index in [0.717, 1.165) is 31.5 Å². The predicted octanol–water partition coefficient (Wildman–Crippen LogP) is 4.09. The van der Waals surface area contributed by atoms with E-state index in [2.05, 4.69) is 0 Å². The summed E-state index contributed by atoms with van der Waals surface area (Å²) in [6.45, 7) is 3.37. The Bertz CT molecular complexity index is 1030. The maximum absolute atomic E-state index is 12.9. The van der Waals surface area contributed by atoms with Crippen LogP contribution in [0.25, 0.3) is 6.08 Å². The van der Waals surface area contributed by atoms with Crippen LogP contribution >= 0.6 is 11.6 Å². The number of halogens is 1. The summed E-state index contributed by atoms with van der Waals surface area (Å²) in [7, 11) is 1.63. The quantitative estimate of drug-likeness (QED) is 0.804. The van der Waals surface area contributed by atoms with Gasteiger partial charge in [-0.05, 0) is 36.6 Å². The van der Waals surface area contributed by atoms with E-state index in [4.69, 9.17) is 11.6 Å². The Kier molecular flexibility index (Phi) is 5.43. The van der Waals surface area contributed by atoms with E-state index < -0.39 is 17.4 Å². The Balaban J connectivity index is 1.64. The summed E-state index contributed by atoms with van der Waals surface area (Å²) in [4.78, 5) is 29.1. The van der Waals surface area contributed by atoms with Crippen molar-refractivity contribution in [2.45, 2.75) is 25.4 Å². The van der Waals surface area contributed by atoms with Crippen LogP contribution in [-0.4, -0.2) is 42.0 Å². The van der Waals surface area contributed by atoms with Crippen LogP contribution in [0.1, 0.15) is 41.3 Å². The van der Waals surface area contributed by atoms with Gasteiger partial charge in [-0.3, -0.25) is 9.59 Å². The zero-order valence-corrected chi connectivity index (χ0v) is 17.9. The van der Waals surface area contributed by atoms with E-state index in [-0.39, 0.29) is 5.91 Å². The molecule has 0 saturated carbocycles. The SMILES string of the molecule is C[C@H](/C=C/c1ccccc1C(=O)N1CCCC1)[C@@]1(O)C(=O)N(C)c2cc(Cl)ccc21. The van der Waals surface area contributed by atoms with Gasteiger partial charge in [0, 0.05) is 42.2 Å². The summed E-state index contributed by atoms with van der Waals surface area (Å²) in [5.74, 6) is -0.876. The molecule has 0 radical (unpaired) electrons. The lowest BCUT2D eigenvalue weighted by Gasteiger charge is -2.27. The number of benzene rings is 2. The van der Waals surface area contributed by atoms with E-state index >= 15 is 0 Å². The van der Waals surface area contributed by atoms with Crippen molar-refractivity contribution in [3.05, 3.63) is 70.3 Å². The minimum absolute atomic E-state index is 0.0239. The molecule has 0 aliphatic carbocycles. The van der Waals surface area contributed by atoms with E-state index in [9.17, 15) is 14.7 Å². The molecule has 30 heavy (non-hydrogen) atoms. The highest BCUT2D eigenvalue weighted by Crippen LogP contribution is 2.45. The Morgan fingerprint density at radius 3 is 2.63 bits per heavy atom. The topological polar surface area (TPSA) is 60.9 Å². The highest BCUT2D eigenvalue weighted by atomic mass is 35.5. The van der Waals surface area contributed by atoms with Gasteiger partial charge in [0.15, 0.2) is 5.60 Å². The Morgan fingerprint density at radius 1 is 1.20 bits per heavy atom. The lowest BCUT2D eigenvalue weighted by Crippen LogP contribution is -2.43. The predicted molar refractivity (Wildman–Crippen MR) is 119 cm³/mol. The molecule has 1 saturated heterocycles. The average molecular weight is 425 g/mol. The number of rotatable bonds is 4. The first-order valence-corrected chi connectivity index (χ1v) is 10.6. The fourth-order valence-corrected chi connectivity index (χ4v) is 4.51. The second-order valence-electron chi connectivity index (χ2n) is 8.03. The van der Waals surface area contributed by atoms with Crippen molar-refractivity contribution < 1.29 is 14.7 Å². The maximum Gasteiger partial charge on any atom is 0.264 e. The molecule has 2 aliphatic rings. The van der Waals surface area contributed by atoms with Crippen LogP contribution in [0.5, 0.6) is 0 Å². The van der Waals surface area contributed by atoms with E-state index in [1.54, 1.807) is 38.2 Å². The standard InChI is InChI=1S/C24H25ClN2O3/c1-16(24(30)20-12-11-18(25)15-21(20)26(2)23(24)29)9-10-17-7-3-4-8-19(17)22(28)27-13-5-6-14-27/h3-4,7-12,15-16,30H,5-6,13-14H2,1-2H3/b10-9+/t16-,24+/m1/s1. The van der Waals surface area contributed by atoms with Crippen LogP contribution in [0, 0.1) is 5.92 Å². The minimum atomic E-state index is -1.68. The Morgan fingerprint density at radius 2 is 1.90 bits per heavy atom. The van der Waals surface area contributed by atoms with Gasteiger partial charge in [-0.1, -0.05) is 54.9 Å². The first kappa shape index (κ1) is 20.6. The molecular formula is C24H25ClN2O3. The molecule has 5 nitrogen and oxygen atoms in total. The fourth-order valence-electron chi connectivity index (χ4n) is 4.34. The molecule has 1 fully saturated rings. The van der Waals surface area contributed by atoms with Crippen LogP contribution in [0.15, 0.2) is 48.5 Å². The van der Waals surface area contributed by atoms with Gasteiger partial charge in [-0.25, -0.2) is 0 Å². The molecule has 0 bridgehead atoms. The first-order chi connectivity index (χ1) is 14.3. The smallest absolute Gasteiger partial charge is 0.264 e. The van der Waals surface area contributed by atoms with Crippen molar-refractivity contribution in [3.63, 3.8) is 0 Å². The lowest BCUT2D eigenvalue weighted by molar-refractivity contribution is -0.139. The van der Waals surface area contributed by atoms with E-state index in [1.165, 1.54) is 4.90 Å². The van der Waals surface area contributed by atoms with Crippen molar-refractivity contribution in [3.8, 4) is 0 Å². The molecule has 2 amide bonds. The van der Waals surface area contributed by atoms with Crippen molar-refractivity contribution in [2.75, 3.05) is 25.0 Å². The zero-order valence-electron chi connectivity index (χ0n) is 17.1. The normalized spacial score (nSPS) is 22.1. The molecule has 0 unspecified atom stereocenters. The number of fused-ring (bicyclic) bond motifs is 1. The van der Waals surface area contributed by atoms with Crippen molar-refractivity contribution >= 4 is 35.2 Å². The van der Waals surface area contributed by atoms with Gasteiger partial charge in [0.25, 0.3) is 11.8 Å². The molecule has 1 N–H and O–H groups in total. The van der Waals surface area contributed by atoms with Gasteiger partial charge in [-0.2, -0.15) is 0 Å². The van der Waals surface area contributed by atoms with Gasteiger partial charge in [-0.15, -0.1) is 0 Å². The summed E-state index contributed by atoms with van der Waals surface area (Å²) >= 11 is 6.08. The van der Waals surface area contributed by atoms with Gasteiger partial charge in [0.2, 0.25) is 0 Å². The highest BCUT2D eigenvalue weighted by Gasteiger charge is 2.51. The summed E-state index contributed by atoms with van der Waals surface area (Å²) in [5, 5.41) is 11.9. The highest BCUT2D eigenvalue weighted by molar-refractivity contribution is 6.31. The molecule has 6 heteroatoms. The molecule has 0 spiro atoms. The summed E-state index contributed by atoms with van der Waals surface area (Å²) in [5.41, 5.74) is 0.883. The number of anilines is 1. The molecule has 2 aromatic carbocycles. The number of hydrogen-bond donors (Lipinski definition) is 1. The van der Waals surface area contributed by atoms with Crippen LogP contribution in [-0.2, 0) is 10.4 Å². The maximum atomic E-state index is 12.9. The third kappa shape index (κ3) is 3.32. The number of carbonyl (C=O) groups is 2. The monoisotopic (exact) mass is 424 g/mol.